The lowest BCUT2D eigenvalue weighted by molar-refractivity contribution is -0.120. The molecule has 6 rings (SSSR count). The van der Waals surface area contributed by atoms with E-state index in [1.165, 1.54) is 0 Å². The minimum absolute atomic E-state index is 0.0625. The summed E-state index contributed by atoms with van der Waals surface area (Å²) in [6.45, 7) is 2.81. The van der Waals surface area contributed by atoms with Crippen LogP contribution in [0.25, 0.3) is 11.4 Å². The van der Waals surface area contributed by atoms with Gasteiger partial charge in [0, 0.05) is 24.2 Å². The van der Waals surface area contributed by atoms with Crippen LogP contribution in [0.4, 0.5) is 22.7 Å². The molecular formula is C23H21N11O4S. The summed E-state index contributed by atoms with van der Waals surface area (Å²) >= 11 is 0.959. The van der Waals surface area contributed by atoms with Crippen molar-refractivity contribution in [3.05, 3.63) is 46.0 Å². The number of aryl methyl sites for hydroxylation is 1. The smallest absolute Gasteiger partial charge is 0.347 e. The number of rotatable bonds is 7. The van der Waals surface area contributed by atoms with Gasteiger partial charge < -0.3 is 15.3 Å². The van der Waals surface area contributed by atoms with Gasteiger partial charge in [0.15, 0.2) is 5.13 Å². The maximum absolute atomic E-state index is 13.3. The number of tetrazole rings is 1. The van der Waals surface area contributed by atoms with E-state index in [0.717, 1.165) is 16.9 Å². The molecule has 0 atom stereocenters. The number of fused-ring (bicyclic) bond motifs is 1. The highest BCUT2D eigenvalue weighted by molar-refractivity contribution is 7.17. The van der Waals surface area contributed by atoms with Gasteiger partial charge in [-0.05, 0) is 17.7 Å². The zero-order valence-electron chi connectivity index (χ0n) is 20.5. The quantitative estimate of drug-likeness (QED) is 0.255. The highest BCUT2D eigenvalue weighted by Crippen LogP contribution is 2.37. The number of carboxylic acid groups (broad SMARTS) is 1. The fraction of sp³-hybridized carbons (Fsp3) is 0.261. The highest BCUT2D eigenvalue weighted by atomic mass is 32.1. The number of carbonyl (C=O) groups is 3. The van der Waals surface area contributed by atoms with E-state index in [1.807, 2.05) is 29.2 Å². The molecule has 1 fully saturated rings. The molecule has 0 spiro atoms. The molecular weight excluding hydrogens is 526 g/mol. The van der Waals surface area contributed by atoms with Crippen molar-refractivity contribution in [2.45, 2.75) is 19.9 Å². The van der Waals surface area contributed by atoms with Gasteiger partial charge in [0.25, 0.3) is 0 Å². The molecule has 39 heavy (non-hydrogen) atoms. The Morgan fingerprint density at radius 1 is 1.18 bits per heavy atom. The Labute approximate surface area is 224 Å². The summed E-state index contributed by atoms with van der Waals surface area (Å²) in [5.41, 5.74) is 2.47. The molecule has 1 saturated heterocycles. The first kappa shape index (κ1) is 24.4. The molecule has 4 N–H and O–H groups in total. The van der Waals surface area contributed by atoms with Crippen LogP contribution in [-0.4, -0.2) is 78.1 Å². The number of nitrogens with one attached hydrogen (secondary N) is 3. The SMILES string of the molecule is Cc1nc(Nc2nc(N3CCNC(=O)C3)c3c(n2)N(Cc2ccccc2-c2nn[nH]n2)C(=O)C3)sc1C(=O)O. The predicted molar refractivity (Wildman–Crippen MR) is 139 cm³/mol. The van der Waals surface area contributed by atoms with Crippen LogP contribution in [0.2, 0.25) is 0 Å². The number of hydrogen-bond donors (Lipinski definition) is 4. The average Bonchev–Trinajstić information content (AvgIpc) is 3.64. The van der Waals surface area contributed by atoms with Crippen molar-refractivity contribution in [3.8, 4) is 11.4 Å². The molecule has 1 aromatic carbocycles. The van der Waals surface area contributed by atoms with E-state index >= 15 is 0 Å². The van der Waals surface area contributed by atoms with E-state index in [4.69, 9.17) is 0 Å². The Morgan fingerprint density at radius 2 is 2.00 bits per heavy atom. The third-order valence-electron chi connectivity index (χ3n) is 6.33. The number of H-pyrrole nitrogens is 1. The van der Waals surface area contributed by atoms with Crippen LogP contribution in [0.3, 0.4) is 0 Å². The van der Waals surface area contributed by atoms with Crippen molar-refractivity contribution in [1.29, 1.82) is 0 Å². The predicted octanol–water partition coefficient (Wildman–Crippen LogP) is 0.889. The van der Waals surface area contributed by atoms with Gasteiger partial charge in [-0.2, -0.15) is 15.2 Å². The first-order valence-corrected chi connectivity index (χ1v) is 12.7. The number of aromatic amines is 1. The number of benzene rings is 1. The molecule has 0 bridgehead atoms. The number of aromatic nitrogens is 7. The van der Waals surface area contributed by atoms with Gasteiger partial charge in [-0.15, -0.1) is 10.2 Å². The van der Waals surface area contributed by atoms with E-state index < -0.39 is 5.97 Å². The second kappa shape index (κ2) is 9.71. The van der Waals surface area contributed by atoms with Gasteiger partial charge >= 0.3 is 5.97 Å². The Hall–Kier alpha value is -4.99. The summed E-state index contributed by atoms with van der Waals surface area (Å²) in [4.78, 5) is 54.1. The molecule has 0 saturated carbocycles. The summed E-state index contributed by atoms with van der Waals surface area (Å²) in [5.74, 6) is -0.0210. The number of hydrogen-bond acceptors (Lipinski definition) is 12. The van der Waals surface area contributed by atoms with Crippen LogP contribution < -0.4 is 20.4 Å². The molecule has 16 heteroatoms. The van der Waals surface area contributed by atoms with Crippen molar-refractivity contribution < 1.29 is 19.5 Å². The van der Waals surface area contributed by atoms with Crippen molar-refractivity contribution in [2.75, 3.05) is 34.8 Å². The molecule has 0 radical (unpaired) electrons. The zero-order valence-corrected chi connectivity index (χ0v) is 21.3. The van der Waals surface area contributed by atoms with Crippen molar-refractivity contribution >= 4 is 51.8 Å². The van der Waals surface area contributed by atoms with E-state index in [2.05, 4.69) is 46.2 Å². The largest absolute Gasteiger partial charge is 0.477 e. The normalized spacial score (nSPS) is 14.9. The fourth-order valence-corrected chi connectivity index (χ4v) is 5.37. The number of piperazine rings is 1. The lowest BCUT2D eigenvalue weighted by Crippen LogP contribution is -2.48. The fourth-order valence-electron chi connectivity index (χ4n) is 4.57. The Kier molecular flexibility index (Phi) is 6.07. The summed E-state index contributed by atoms with van der Waals surface area (Å²) in [7, 11) is 0. The van der Waals surface area contributed by atoms with Crippen molar-refractivity contribution in [2.24, 2.45) is 0 Å². The monoisotopic (exact) mass is 547 g/mol. The molecule has 198 valence electrons. The maximum Gasteiger partial charge on any atom is 0.347 e. The molecule has 5 heterocycles. The summed E-state index contributed by atoms with van der Waals surface area (Å²) in [5, 5.41) is 29.7. The van der Waals surface area contributed by atoms with Gasteiger partial charge in [0.05, 0.1) is 25.2 Å². The number of carboxylic acids is 1. The van der Waals surface area contributed by atoms with Gasteiger partial charge in [0.1, 0.15) is 16.5 Å². The molecule has 0 unspecified atom stereocenters. The molecule has 15 nitrogen and oxygen atoms in total. The molecule has 4 aromatic rings. The lowest BCUT2D eigenvalue weighted by Gasteiger charge is -2.29. The standard InChI is InChI=1S/C23H21N11O4S/c1-11-17(21(37)38)39-23(25-11)28-22-26-19(33-7-6-24-15(35)10-33)14-8-16(36)34(20(14)27-22)9-12-4-2-3-5-13(12)18-29-31-32-30-18/h2-5H,6-10H2,1H3,(H,24,35)(H,37,38)(H,25,26,27,28)(H,29,30,31,32). The van der Waals surface area contributed by atoms with Crippen molar-refractivity contribution in [3.63, 3.8) is 0 Å². The van der Waals surface area contributed by atoms with E-state index in [9.17, 15) is 19.5 Å². The van der Waals surface area contributed by atoms with Crippen LogP contribution in [0.15, 0.2) is 24.3 Å². The molecule has 2 aliphatic rings. The topological polar surface area (TPSA) is 195 Å². The number of amides is 2. The lowest BCUT2D eigenvalue weighted by atomic mass is 10.1. The maximum atomic E-state index is 13.3. The summed E-state index contributed by atoms with van der Waals surface area (Å²) < 4.78 is 0. The third kappa shape index (κ3) is 4.61. The zero-order chi connectivity index (χ0) is 27.1. The van der Waals surface area contributed by atoms with Gasteiger partial charge in [-0.25, -0.2) is 9.78 Å². The molecule has 0 aliphatic carbocycles. The van der Waals surface area contributed by atoms with Crippen LogP contribution in [-0.2, 0) is 22.6 Å². The number of carbonyl (C=O) groups excluding carboxylic acids is 2. The minimum atomic E-state index is -1.08. The van der Waals surface area contributed by atoms with E-state index in [0.29, 0.717) is 52.5 Å². The van der Waals surface area contributed by atoms with Crippen LogP contribution >= 0.6 is 11.3 Å². The molecule has 2 aliphatic heterocycles. The minimum Gasteiger partial charge on any atom is -0.477 e. The van der Waals surface area contributed by atoms with E-state index in [1.54, 1.807) is 11.8 Å². The Balaban J connectivity index is 1.41. The second-order valence-corrected chi connectivity index (χ2v) is 9.86. The Bertz CT molecular complexity index is 1600. The first-order valence-electron chi connectivity index (χ1n) is 11.9. The van der Waals surface area contributed by atoms with Gasteiger partial charge in [0.2, 0.25) is 23.6 Å². The van der Waals surface area contributed by atoms with Crippen molar-refractivity contribution in [1.82, 2.24) is 40.9 Å². The van der Waals surface area contributed by atoms with Gasteiger partial charge in [-0.1, -0.05) is 35.6 Å². The first-order chi connectivity index (χ1) is 18.9. The third-order valence-corrected chi connectivity index (χ3v) is 7.39. The summed E-state index contributed by atoms with van der Waals surface area (Å²) in [6.07, 6.45) is 0.0625. The molecule has 3 aromatic heterocycles. The van der Waals surface area contributed by atoms with E-state index in [-0.39, 0.29) is 42.2 Å². The summed E-state index contributed by atoms with van der Waals surface area (Å²) in [6, 6.07) is 7.42. The number of anilines is 4. The number of aromatic carboxylic acids is 1. The van der Waals surface area contributed by atoms with Crippen LogP contribution in [0, 0.1) is 6.92 Å². The average molecular weight is 548 g/mol. The molecule has 2 amide bonds. The van der Waals surface area contributed by atoms with Crippen LogP contribution in [0.5, 0.6) is 0 Å². The number of thiazole rings is 1. The highest BCUT2D eigenvalue weighted by Gasteiger charge is 2.35. The number of nitrogens with zero attached hydrogens (tertiary/aromatic N) is 8. The van der Waals surface area contributed by atoms with Gasteiger partial charge in [-0.3, -0.25) is 19.8 Å². The Morgan fingerprint density at radius 3 is 2.74 bits per heavy atom. The second-order valence-electron chi connectivity index (χ2n) is 8.86. The van der Waals surface area contributed by atoms with Crippen LogP contribution in [0.1, 0.15) is 26.5 Å².